The van der Waals surface area contributed by atoms with Gasteiger partial charge in [-0.15, -0.1) is 0 Å². The Balaban J connectivity index is 1.59. The predicted molar refractivity (Wildman–Crippen MR) is 121 cm³/mol. The number of fused-ring (bicyclic) bond motifs is 3. The first-order chi connectivity index (χ1) is 15.0. The van der Waals surface area contributed by atoms with Crippen molar-refractivity contribution in [1.82, 2.24) is 5.06 Å². The molecule has 2 aliphatic carbocycles. The molecular formula is C26H29N3O2. The molecule has 160 valence electrons. The van der Waals surface area contributed by atoms with E-state index < -0.39 is 5.60 Å². The van der Waals surface area contributed by atoms with Crippen LogP contribution in [0, 0.1) is 12.0 Å². The lowest BCUT2D eigenvalue weighted by molar-refractivity contribution is -0.228. The highest BCUT2D eigenvalue weighted by atomic mass is 16.7. The second-order valence-electron chi connectivity index (χ2n) is 9.04. The van der Waals surface area contributed by atoms with E-state index in [1.54, 1.807) is 5.06 Å². The van der Waals surface area contributed by atoms with E-state index in [-0.39, 0.29) is 5.41 Å². The highest BCUT2D eigenvalue weighted by molar-refractivity contribution is 5.70. The normalized spacial score (nSPS) is 29.3. The van der Waals surface area contributed by atoms with Crippen molar-refractivity contribution in [2.45, 2.75) is 50.7 Å². The molecule has 1 atom stereocenters. The standard InChI is InChI=1S/C26H29N3O2/c1-4-30-22-10-12-25(13-11-22)16-20-9-8-19(18-6-5-7-21(14-18)28-2)15-23(20)26(25)17-24(27)29(3)31-26/h5-9,14-15,17,22H,4,10-13,16,27H2,1,3H3. The lowest BCUT2D eigenvalue weighted by Crippen LogP contribution is -2.46. The first-order valence-corrected chi connectivity index (χ1v) is 11.1. The van der Waals surface area contributed by atoms with E-state index >= 15 is 0 Å². The Kier molecular flexibility index (Phi) is 4.80. The van der Waals surface area contributed by atoms with Gasteiger partial charge in [-0.3, -0.25) is 4.84 Å². The fraction of sp³-hybridized carbons (Fsp3) is 0.423. The number of nitrogens with zero attached hydrogens (tertiary/aromatic N) is 2. The number of rotatable bonds is 3. The summed E-state index contributed by atoms with van der Waals surface area (Å²) in [7, 11) is 1.89. The molecule has 1 aliphatic heterocycles. The van der Waals surface area contributed by atoms with Crippen LogP contribution in [0.15, 0.2) is 54.4 Å². The van der Waals surface area contributed by atoms with Crippen LogP contribution in [-0.4, -0.2) is 24.8 Å². The maximum atomic E-state index is 7.34. The van der Waals surface area contributed by atoms with E-state index in [4.69, 9.17) is 21.9 Å². The molecule has 0 amide bonds. The third-order valence-electron chi connectivity index (χ3n) is 7.42. The van der Waals surface area contributed by atoms with Gasteiger partial charge in [0.25, 0.3) is 0 Å². The quantitative estimate of drug-likeness (QED) is 0.692. The van der Waals surface area contributed by atoms with Crippen molar-refractivity contribution in [2.24, 2.45) is 11.1 Å². The van der Waals surface area contributed by atoms with Crippen molar-refractivity contribution < 1.29 is 9.57 Å². The first-order valence-electron chi connectivity index (χ1n) is 11.1. The Hall–Kier alpha value is -2.81. The Morgan fingerprint density at radius 3 is 2.65 bits per heavy atom. The molecule has 5 rings (SSSR count). The maximum absolute atomic E-state index is 7.34. The molecule has 2 N–H and O–H groups in total. The van der Waals surface area contributed by atoms with E-state index in [0.717, 1.165) is 49.8 Å². The van der Waals surface area contributed by atoms with Crippen LogP contribution in [0.5, 0.6) is 0 Å². The van der Waals surface area contributed by atoms with Gasteiger partial charge in [0.1, 0.15) is 11.4 Å². The molecule has 1 saturated carbocycles. The summed E-state index contributed by atoms with van der Waals surface area (Å²) in [6.45, 7) is 10.2. The average Bonchev–Trinajstić information content (AvgIpc) is 3.23. The number of hydroxylamine groups is 2. The second-order valence-corrected chi connectivity index (χ2v) is 9.04. The van der Waals surface area contributed by atoms with E-state index in [9.17, 15) is 0 Å². The highest BCUT2D eigenvalue weighted by Gasteiger charge is 2.61. The summed E-state index contributed by atoms with van der Waals surface area (Å²) in [4.78, 5) is 10.2. The summed E-state index contributed by atoms with van der Waals surface area (Å²) in [5.74, 6) is 0.666. The fourth-order valence-corrected chi connectivity index (χ4v) is 5.86. The van der Waals surface area contributed by atoms with Crippen molar-refractivity contribution in [3.8, 4) is 11.1 Å². The number of nitrogens with two attached hydrogens (primary N) is 1. The van der Waals surface area contributed by atoms with Gasteiger partial charge in [0.15, 0.2) is 5.69 Å². The SMILES string of the molecule is [C-]#[N+]c1cccc(-c2ccc3c(c2)C2(C=C(N)N(C)O2)C2(CCC(OCC)CC2)C3)c1. The van der Waals surface area contributed by atoms with Gasteiger partial charge < -0.3 is 10.5 Å². The zero-order chi connectivity index (χ0) is 21.6. The molecule has 1 unspecified atom stereocenters. The van der Waals surface area contributed by atoms with Crippen molar-refractivity contribution >= 4 is 5.69 Å². The average molecular weight is 416 g/mol. The minimum Gasteiger partial charge on any atom is -0.384 e. The topological polar surface area (TPSA) is 52.1 Å². The van der Waals surface area contributed by atoms with Crippen molar-refractivity contribution in [3.05, 3.63) is 76.9 Å². The minimum atomic E-state index is -0.550. The van der Waals surface area contributed by atoms with Gasteiger partial charge >= 0.3 is 0 Å². The lowest BCUT2D eigenvalue weighted by atomic mass is 9.63. The summed E-state index contributed by atoms with van der Waals surface area (Å²) < 4.78 is 5.94. The summed E-state index contributed by atoms with van der Waals surface area (Å²) >= 11 is 0. The molecule has 0 aromatic heterocycles. The largest absolute Gasteiger partial charge is 0.384 e. The van der Waals surface area contributed by atoms with E-state index in [0.29, 0.717) is 17.6 Å². The molecule has 0 bridgehead atoms. The smallest absolute Gasteiger partial charge is 0.187 e. The van der Waals surface area contributed by atoms with Crippen LogP contribution in [0.25, 0.3) is 16.0 Å². The third-order valence-corrected chi connectivity index (χ3v) is 7.42. The van der Waals surface area contributed by atoms with Crippen LogP contribution in [0.2, 0.25) is 0 Å². The molecular weight excluding hydrogens is 386 g/mol. The van der Waals surface area contributed by atoms with Crippen LogP contribution >= 0.6 is 0 Å². The van der Waals surface area contributed by atoms with Crippen LogP contribution in [0.3, 0.4) is 0 Å². The van der Waals surface area contributed by atoms with E-state index in [2.05, 4.69) is 42.1 Å². The summed E-state index contributed by atoms with van der Waals surface area (Å²) in [5.41, 5.74) is 11.1. The van der Waals surface area contributed by atoms with Crippen LogP contribution in [0.1, 0.15) is 43.7 Å². The van der Waals surface area contributed by atoms with Gasteiger partial charge in [0.2, 0.25) is 0 Å². The highest BCUT2D eigenvalue weighted by Crippen LogP contribution is 2.62. The molecule has 0 radical (unpaired) electrons. The van der Waals surface area contributed by atoms with Gasteiger partial charge in [0.05, 0.1) is 12.7 Å². The van der Waals surface area contributed by atoms with Crippen molar-refractivity contribution in [1.29, 1.82) is 0 Å². The van der Waals surface area contributed by atoms with Gasteiger partial charge in [-0.25, -0.2) is 9.91 Å². The molecule has 2 aromatic rings. The monoisotopic (exact) mass is 415 g/mol. The Morgan fingerprint density at radius 2 is 1.97 bits per heavy atom. The zero-order valence-electron chi connectivity index (χ0n) is 18.2. The summed E-state index contributed by atoms with van der Waals surface area (Å²) in [5, 5.41) is 1.72. The molecule has 1 heterocycles. The van der Waals surface area contributed by atoms with Crippen molar-refractivity contribution in [2.75, 3.05) is 13.7 Å². The molecule has 2 aromatic carbocycles. The van der Waals surface area contributed by atoms with Crippen LogP contribution < -0.4 is 5.73 Å². The molecule has 0 saturated heterocycles. The molecule has 3 aliphatic rings. The van der Waals surface area contributed by atoms with Crippen LogP contribution in [-0.2, 0) is 21.6 Å². The fourth-order valence-electron chi connectivity index (χ4n) is 5.86. The minimum absolute atomic E-state index is 0.0186. The van der Waals surface area contributed by atoms with E-state index in [1.165, 1.54) is 11.1 Å². The molecule has 2 spiro atoms. The summed E-state index contributed by atoms with van der Waals surface area (Å²) in [6.07, 6.45) is 7.65. The third kappa shape index (κ3) is 3.05. The van der Waals surface area contributed by atoms with Gasteiger partial charge in [-0.1, -0.05) is 30.3 Å². The molecule has 1 fully saturated rings. The van der Waals surface area contributed by atoms with Crippen LogP contribution in [0.4, 0.5) is 5.69 Å². The zero-order valence-corrected chi connectivity index (χ0v) is 18.2. The molecule has 5 heteroatoms. The summed E-state index contributed by atoms with van der Waals surface area (Å²) in [6, 6.07) is 14.5. The predicted octanol–water partition coefficient (Wildman–Crippen LogP) is 5.30. The van der Waals surface area contributed by atoms with Gasteiger partial charge in [0, 0.05) is 19.1 Å². The van der Waals surface area contributed by atoms with Crippen molar-refractivity contribution in [3.63, 3.8) is 0 Å². The molecule has 31 heavy (non-hydrogen) atoms. The Morgan fingerprint density at radius 1 is 1.19 bits per heavy atom. The Labute approximate surface area is 184 Å². The Bertz CT molecular complexity index is 1080. The number of hydrogen-bond acceptors (Lipinski definition) is 4. The lowest BCUT2D eigenvalue weighted by Gasteiger charge is -2.46. The van der Waals surface area contributed by atoms with Gasteiger partial charge in [-0.2, -0.15) is 0 Å². The number of hydrogen-bond donors (Lipinski definition) is 1. The number of ether oxygens (including phenoxy) is 1. The number of benzene rings is 2. The maximum Gasteiger partial charge on any atom is 0.187 e. The molecule has 5 nitrogen and oxygen atoms in total. The van der Waals surface area contributed by atoms with E-state index in [1.807, 2.05) is 25.2 Å². The second kappa shape index (κ2) is 7.40. The van der Waals surface area contributed by atoms with Gasteiger partial charge in [-0.05, 0) is 79.5 Å². The first kappa shape index (κ1) is 20.1.